The molecule has 3 aromatic carbocycles. The summed E-state index contributed by atoms with van der Waals surface area (Å²) in [6.45, 7) is 8.22. The van der Waals surface area contributed by atoms with Crippen LogP contribution < -0.4 is 15.0 Å². The van der Waals surface area contributed by atoms with Gasteiger partial charge in [0.2, 0.25) is 0 Å². The van der Waals surface area contributed by atoms with Gasteiger partial charge in [-0.25, -0.2) is 9.78 Å². The zero-order valence-corrected chi connectivity index (χ0v) is 23.3. The Morgan fingerprint density at radius 2 is 1.97 bits per heavy atom. The van der Waals surface area contributed by atoms with Gasteiger partial charge in [0.25, 0.3) is 5.56 Å². The summed E-state index contributed by atoms with van der Waals surface area (Å²) in [6.07, 6.45) is 4.38. The predicted molar refractivity (Wildman–Crippen MR) is 155 cm³/mol. The highest BCUT2D eigenvalue weighted by atomic mass is 79.9. The van der Waals surface area contributed by atoms with Crippen LogP contribution in [0.4, 0.5) is 0 Å². The van der Waals surface area contributed by atoms with E-state index in [0.717, 1.165) is 15.6 Å². The average Bonchev–Trinajstić information content (AvgIpc) is 2.92. The smallest absolute Gasteiger partial charge is 0.335 e. The monoisotopic (exact) mass is 589 g/mol. The van der Waals surface area contributed by atoms with Crippen LogP contribution in [-0.4, -0.2) is 33.6 Å². The maximum atomic E-state index is 13.3. The summed E-state index contributed by atoms with van der Waals surface area (Å²) in [7, 11) is 0. The van der Waals surface area contributed by atoms with E-state index in [2.05, 4.69) is 32.6 Å². The van der Waals surface area contributed by atoms with Crippen LogP contribution in [0.15, 0.2) is 81.6 Å². The lowest BCUT2D eigenvalue weighted by Crippen LogP contribution is -2.22. The quantitative estimate of drug-likeness (QED) is 0.170. The van der Waals surface area contributed by atoms with Crippen molar-refractivity contribution >= 4 is 39.0 Å². The van der Waals surface area contributed by atoms with E-state index in [1.54, 1.807) is 48.7 Å². The van der Waals surface area contributed by atoms with Crippen LogP contribution in [0.5, 0.6) is 11.5 Å². The van der Waals surface area contributed by atoms with Gasteiger partial charge < -0.3 is 14.6 Å². The van der Waals surface area contributed by atoms with Crippen molar-refractivity contribution in [2.45, 2.75) is 33.3 Å². The highest BCUT2D eigenvalue weighted by molar-refractivity contribution is 9.10. The van der Waals surface area contributed by atoms with E-state index >= 15 is 0 Å². The fraction of sp³-hybridized carbons (Fsp3) is 0.200. The van der Waals surface area contributed by atoms with Crippen LogP contribution in [0.3, 0.4) is 0 Å². The van der Waals surface area contributed by atoms with E-state index in [4.69, 9.17) is 9.47 Å². The summed E-state index contributed by atoms with van der Waals surface area (Å²) >= 11 is 3.42. The second-order valence-corrected chi connectivity index (χ2v) is 9.55. The van der Waals surface area contributed by atoms with Gasteiger partial charge >= 0.3 is 5.97 Å². The molecule has 39 heavy (non-hydrogen) atoms. The molecule has 9 heteroatoms. The molecule has 0 saturated carbocycles. The van der Waals surface area contributed by atoms with Crippen LogP contribution in [0.25, 0.3) is 10.9 Å². The minimum absolute atomic E-state index is 0.159. The molecule has 0 amide bonds. The molecule has 1 N–H and O–H groups in total. The second-order valence-electron chi connectivity index (χ2n) is 8.63. The van der Waals surface area contributed by atoms with Crippen LogP contribution in [0, 0.1) is 0 Å². The summed E-state index contributed by atoms with van der Waals surface area (Å²) in [5, 5.41) is 14.3. The van der Waals surface area contributed by atoms with Crippen molar-refractivity contribution < 1.29 is 19.4 Å². The number of fused-ring (bicyclic) bond motifs is 1. The summed E-state index contributed by atoms with van der Waals surface area (Å²) < 4.78 is 14.2. The Balaban J connectivity index is 1.72. The SMILES string of the molecule is C=CCc1cc(C=Nn2c(CC)nc3ccc(Br)cc3c2=O)cc(OCC)c1OCc1cccc(C(=O)O)c1. The van der Waals surface area contributed by atoms with Crippen molar-refractivity contribution in [1.82, 2.24) is 9.66 Å². The molecule has 0 radical (unpaired) electrons. The van der Waals surface area contributed by atoms with Gasteiger partial charge in [0.05, 0.1) is 29.3 Å². The van der Waals surface area contributed by atoms with Crippen molar-refractivity contribution in [3.05, 3.63) is 110 Å². The Morgan fingerprint density at radius 3 is 2.69 bits per heavy atom. The molecule has 0 aliphatic heterocycles. The molecule has 1 heterocycles. The van der Waals surface area contributed by atoms with Gasteiger partial charge in [-0.05, 0) is 66.9 Å². The van der Waals surface area contributed by atoms with Gasteiger partial charge in [0.1, 0.15) is 12.4 Å². The lowest BCUT2D eigenvalue weighted by molar-refractivity contribution is 0.0696. The summed E-state index contributed by atoms with van der Waals surface area (Å²) in [5.74, 6) is 0.600. The second kappa shape index (κ2) is 12.5. The first-order chi connectivity index (χ1) is 18.8. The first-order valence-corrected chi connectivity index (χ1v) is 13.2. The Morgan fingerprint density at radius 1 is 1.15 bits per heavy atom. The lowest BCUT2D eigenvalue weighted by atomic mass is 10.1. The third-order valence-corrected chi connectivity index (χ3v) is 6.38. The number of benzene rings is 3. The minimum atomic E-state index is -0.998. The number of hydrogen-bond acceptors (Lipinski definition) is 6. The molecule has 0 atom stereocenters. The molecular formula is C30H28BrN3O5. The molecule has 200 valence electrons. The predicted octanol–water partition coefficient (Wildman–Crippen LogP) is 6.01. The maximum Gasteiger partial charge on any atom is 0.335 e. The maximum absolute atomic E-state index is 13.3. The van der Waals surface area contributed by atoms with Crippen LogP contribution in [0.2, 0.25) is 0 Å². The molecule has 0 saturated heterocycles. The van der Waals surface area contributed by atoms with E-state index in [1.165, 1.54) is 10.7 Å². The number of halogens is 1. The van der Waals surface area contributed by atoms with E-state index in [9.17, 15) is 14.7 Å². The van der Waals surface area contributed by atoms with E-state index in [1.807, 2.05) is 26.0 Å². The highest BCUT2D eigenvalue weighted by Crippen LogP contribution is 2.34. The normalized spacial score (nSPS) is 11.2. The molecule has 8 nitrogen and oxygen atoms in total. The largest absolute Gasteiger partial charge is 0.490 e. The fourth-order valence-corrected chi connectivity index (χ4v) is 4.47. The number of carbonyl (C=O) groups is 1. The first kappa shape index (κ1) is 27.8. The van der Waals surface area contributed by atoms with Gasteiger partial charge in [0, 0.05) is 16.5 Å². The Hall–Kier alpha value is -4.24. The average molecular weight is 590 g/mol. The number of aryl methyl sites for hydroxylation is 1. The van der Waals surface area contributed by atoms with Crippen LogP contribution in [0.1, 0.15) is 46.7 Å². The van der Waals surface area contributed by atoms with Gasteiger partial charge in [0.15, 0.2) is 11.5 Å². The molecule has 4 aromatic rings. The number of aromatic carboxylic acids is 1. The Kier molecular flexibility index (Phi) is 8.93. The van der Waals surface area contributed by atoms with E-state index < -0.39 is 5.97 Å². The van der Waals surface area contributed by atoms with Crippen molar-refractivity contribution in [2.75, 3.05) is 6.61 Å². The van der Waals surface area contributed by atoms with Crippen molar-refractivity contribution in [3.8, 4) is 11.5 Å². The van der Waals surface area contributed by atoms with Gasteiger partial charge in [-0.15, -0.1) is 6.58 Å². The van der Waals surface area contributed by atoms with E-state index in [0.29, 0.717) is 53.2 Å². The lowest BCUT2D eigenvalue weighted by Gasteiger charge is -2.17. The first-order valence-electron chi connectivity index (χ1n) is 12.5. The molecule has 0 aliphatic carbocycles. The standard InChI is InChI=1S/C30H28BrN3O5/c1-4-8-21-14-20(17-32-34-27(5-2)33-25-12-11-23(31)16-24(25)29(34)35)15-26(38-6-3)28(21)39-18-19-9-7-10-22(13-19)30(36)37/h4,7,9-17H,1,5-6,8,18H2,2-3H3,(H,36,37). The van der Waals surface area contributed by atoms with Crippen molar-refractivity contribution in [3.63, 3.8) is 0 Å². The number of ether oxygens (including phenoxy) is 2. The number of rotatable bonds is 11. The fourth-order valence-electron chi connectivity index (χ4n) is 4.11. The van der Waals surface area contributed by atoms with Crippen molar-refractivity contribution in [2.24, 2.45) is 5.10 Å². The number of nitrogens with zero attached hydrogens (tertiary/aromatic N) is 3. The third-order valence-electron chi connectivity index (χ3n) is 5.89. The topological polar surface area (TPSA) is 103 Å². The van der Waals surface area contributed by atoms with Crippen LogP contribution >= 0.6 is 15.9 Å². The molecule has 0 aliphatic rings. The number of aromatic nitrogens is 2. The Bertz CT molecular complexity index is 1630. The molecular weight excluding hydrogens is 562 g/mol. The molecule has 1 aromatic heterocycles. The third kappa shape index (κ3) is 6.43. The van der Waals surface area contributed by atoms with Gasteiger partial charge in [-0.3, -0.25) is 4.79 Å². The Labute approximate surface area is 234 Å². The van der Waals surface area contributed by atoms with E-state index in [-0.39, 0.29) is 17.7 Å². The van der Waals surface area contributed by atoms with Gasteiger partial charge in [-0.2, -0.15) is 9.78 Å². The molecule has 0 unspecified atom stereocenters. The van der Waals surface area contributed by atoms with Crippen molar-refractivity contribution in [1.29, 1.82) is 0 Å². The number of hydrogen-bond donors (Lipinski definition) is 1. The molecule has 0 spiro atoms. The van der Waals surface area contributed by atoms with Crippen LogP contribution in [-0.2, 0) is 19.4 Å². The molecule has 0 fully saturated rings. The minimum Gasteiger partial charge on any atom is -0.490 e. The zero-order chi connectivity index (χ0) is 27.9. The highest BCUT2D eigenvalue weighted by Gasteiger charge is 2.15. The molecule has 4 rings (SSSR count). The zero-order valence-electron chi connectivity index (χ0n) is 21.7. The summed E-state index contributed by atoms with van der Waals surface area (Å²) in [5.41, 5.74) is 2.79. The summed E-state index contributed by atoms with van der Waals surface area (Å²) in [6, 6.07) is 15.7. The number of carboxylic acids is 1. The summed E-state index contributed by atoms with van der Waals surface area (Å²) in [4.78, 5) is 29.2. The molecule has 0 bridgehead atoms. The van der Waals surface area contributed by atoms with Gasteiger partial charge in [-0.1, -0.05) is 41.1 Å². The number of carboxylic acid groups (broad SMARTS) is 1. The number of allylic oxidation sites excluding steroid dienone is 1.